The van der Waals surface area contributed by atoms with Crippen LogP contribution in [0.5, 0.6) is 5.75 Å². The fourth-order valence-corrected chi connectivity index (χ4v) is 1.79. The van der Waals surface area contributed by atoms with E-state index in [-0.39, 0.29) is 5.69 Å². The van der Waals surface area contributed by atoms with Crippen LogP contribution in [-0.4, -0.2) is 17.0 Å². The minimum absolute atomic E-state index is 0.0616. The summed E-state index contributed by atoms with van der Waals surface area (Å²) >= 11 is 0. The lowest BCUT2D eigenvalue weighted by atomic mass is 10.1. The first-order valence-corrected chi connectivity index (χ1v) is 6.14. The van der Waals surface area contributed by atoms with Gasteiger partial charge in [0.2, 0.25) is 0 Å². The standard InChI is InChI=1S/C14H15N3O3/c1-15-9-12-8-13(17(18)19)2-3-14(12)20-10-11-4-6-16-7-5-11/h2-8,15H,9-10H2,1H3. The first kappa shape index (κ1) is 14.0. The number of benzene rings is 1. The summed E-state index contributed by atoms with van der Waals surface area (Å²) in [6, 6.07) is 8.33. The van der Waals surface area contributed by atoms with Crippen LogP contribution in [0.3, 0.4) is 0 Å². The van der Waals surface area contributed by atoms with Gasteiger partial charge in [-0.05, 0) is 30.8 Å². The largest absolute Gasteiger partial charge is 0.489 e. The average molecular weight is 273 g/mol. The number of hydrogen-bond donors (Lipinski definition) is 1. The number of ether oxygens (including phenoxy) is 1. The lowest BCUT2D eigenvalue weighted by Gasteiger charge is -2.11. The van der Waals surface area contributed by atoms with Crippen LogP contribution in [0.15, 0.2) is 42.7 Å². The minimum Gasteiger partial charge on any atom is -0.489 e. The van der Waals surface area contributed by atoms with Crippen molar-refractivity contribution < 1.29 is 9.66 Å². The van der Waals surface area contributed by atoms with Crippen molar-refractivity contribution in [3.8, 4) is 5.75 Å². The Hall–Kier alpha value is -2.47. The van der Waals surface area contributed by atoms with E-state index in [4.69, 9.17) is 4.74 Å². The summed E-state index contributed by atoms with van der Waals surface area (Å²) in [5, 5.41) is 13.8. The van der Waals surface area contributed by atoms with E-state index in [9.17, 15) is 10.1 Å². The molecule has 2 aromatic rings. The number of rotatable bonds is 6. The van der Waals surface area contributed by atoms with E-state index in [1.807, 2.05) is 12.1 Å². The van der Waals surface area contributed by atoms with Gasteiger partial charge in [0.1, 0.15) is 12.4 Å². The van der Waals surface area contributed by atoms with Crippen LogP contribution in [0.4, 0.5) is 5.69 Å². The van der Waals surface area contributed by atoms with E-state index in [0.29, 0.717) is 18.9 Å². The summed E-state index contributed by atoms with van der Waals surface area (Å²) in [5.41, 5.74) is 1.82. The molecule has 20 heavy (non-hydrogen) atoms. The van der Waals surface area contributed by atoms with Crippen LogP contribution < -0.4 is 10.1 Å². The molecule has 0 amide bonds. The van der Waals surface area contributed by atoms with E-state index in [0.717, 1.165) is 11.1 Å². The number of nitrogens with zero attached hydrogens (tertiary/aromatic N) is 2. The molecule has 0 radical (unpaired) electrons. The van der Waals surface area contributed by atoms with E-state index < -0.39 is 4.92 Å². The zero-order valence-electron chi connectivity index (χ0n) is 11.1. The third-order valence-electron chi connectivity index (χ3n) is 2.77. The molecule has 0 atom stereocenters. The van der Waals surface area contributed by atoms with Crippen molar-refractivity contribution in [2.75, 3.05) is 7.05 Å². The Kier molecular flexibility index (Phi) is 4.62. The highest BCUT2D eigenvalue weighted by molar-refractivity contribution is 5.43. The summed E-state index contributed by atoms with van der Waals surface area (Å²) in [7, 11) is 1.78. The van der Waals surface area contributed by atoms with Crippen molar-refractivity contribution in [3.05, 3.63) is 64.0 Å². The van der Waals surface area contributed by atoms with Gasteiger partial charge in [-0.3, -0.25) is 15.1 Å². The van der Waals surface area contributed by atoms with E-state index in [1.165, 1.54) is 12.1 Å². The second kappa shape index (κ2) is 6.63. The lowest BCUT2D eigenvalue weighted by Crippen LogP contribution is -2.08. The summed E-state index contributed by atoms with van der Waals surface area (Å²) < 4.78 is 5.72. The Morgan fingerprint density at radius 1 is 1.30 bits per heavy atom. The molecule has 1 aromatic heterocycles. The number of nitrogens with one attached hydrogen (secondary N) is 1. The third-order valence-corrected chi connectivity index (χ3v) is 2.77. The number of nitro benzene ring substituents is 1. The van der Waals surface area contributed by atoms with Crippen LogP contribution in [0, 0.1) is 10.1 Å². The Balaban J connectivity index is 2.16. The van der Waals surface area contributed by atoms with Crippen LogP contribution >= 0.6 is 0 Å². The molecule has 0 unspecified atom stereocenters. The van der Waals surface area contributed by atoms with Crippen molar-refractivity contribution in [3.63, 3.8) is 0 Å². The molecule has 0 aliphatic carbocycles. The van der Waals surface area contributed by atoms with Gasteiger partial charge in [-0.15, -0.1) is 0 Å². The minimum atomic E-state index is -0.411. The second-order valence-electron chi connectivity index (χ2n) is 4.22. The van der Waals surface area contributed by atoms with Gasteiger partial charge in [-0.25, -0.2) is 0 Å². The fourth-order valence-electron chi connectivity index (χ4n) is 1.79. The van der Waals surface area contributed by atoms with Gasteiger partial charge >= 0.3 is 0 Å². The highest BCUT2D eigenvalue weighted by Crippen LogP contribution is 2.25. The summed E-state index contributed by atoms with van der Waals surface area (Å²) in [4.78, 5) is 14.3. The number of aromatic nitrogens is 1. The predicted molar refractivity (Wildman–Crippen MR) is 74.4 cm³/mol. The maximum atomic E-state index is 10.8. The van der Waals surface area contributed by atoms with Gasteiger partial charge in [0.25, 0.3) is 5.69 Å². The highest BCUT2D eigenvalue weighted by atomic mass is 16.6. The molecule has 0 saturated heterocycles. The van der Waals surface area contributed by atoms with Gasteiger partial charge in [-0.2, -0.15) is 0 Å². The molecule has 2 rings (SSSR count). The van der Waals surface area contributed by atoms with Crippen molar-refractivity contribution >= 4 is 5.69 Å². The predicted octanol–water partition coefficient (Wildman–Crippen LogP) is 2.29. The molecule has 0 aliphatic heterocycles. The number of nitro groups is 1. The smallest absolute Gasteiger partial charge is 0.270 e. The molecule has 0 spiro atoms. The molecule has 0 fully saturated rings. The van der Waals surface area contributed by atoms with Gasteiger partial charge < -0.3 is 10.1 Å². The van der Waals surface area contributed by atoms with Crippen molar-refractivity contribution in [1.29, 1.82) is 0 Å². The van der Waals surface area contributed by atoms with Crippen LogP contribution in [0.2, 0.25) is 0 Å². The molecule has 104 valence electrons. The van der Waals surface area contributed by atoms with Crippen LogP contribution in [0.25, 0.3) is 0 Å². The van der Waals surface area contributed by atoms with Gasteiger partial charge in [0.15, 0.2) is 0 Å². The van der Waals surface area contributed by atoms with Gasteiger partial charge in [0, 0.05) is 36.6 Å². The quantitative estimate of drug-likeness (QED) is 0.645. The molecule has 1 aromatic carbocycles. The van der Waals surface area contributed by atoms with E-state index in [2.05, 4.69) is 10.3 Å². The maximum Gasteiger partial charge on any atom is 0.270 e. The highest BCUT2D eigenvalue weighted by Gasteiger charge is 2.11. The van der Waals surface area contributed by atoms with E-state index in [1.54, 1.807) is 25.5 Å². The molecule has 0 bridgehead atoms. The van der Waals surface area contributed by atoms with Crippen LogP contribution in [-0.2, 0) is 13.2 Å². The zero-order valence-corrected chi connectivity index (χ0v) is 11.1. The Morgan fingerprint density at radius 3 is 2.70 bits per heavy atom. The summed E-state index contributed by atoms with van der Waals surface area (Å²) in [6.07, 6.45) is 3.39. The molecule has 1 heterocycles. The molecular weight excluding hydrogens is 258 g/mol. The Labute approximate surface area is 116 Å². The lowest BCUT2D eigenvalue weighted by molar-refractivity contribution is -0.384. The zero-order chi connectivity index (χ0) is 14.4. The summed E-state index contributed by atoms with van der Waals surface area (Å²) in [6.45, 7) is 0.907. The SMILES string of the molecule is CNCc1cc([N+](=O)[O-])ccc1OCc1ccncc1. The number of pyridine rings is 1. The molecule has 6 nitrogen and oxygen atoms in total. The Bertz CT molecular complexity index is 587. The number of non-ortho nitro benzene ring substituents is 1. The van der Waals surface area contributed by atoms with Gasteiger partial charge in [0.05, 0.1) is 4.92 Å². The monoisotopic (exact) mass is 273 g/mol. The molecule has 1 N–H and O–H groups in total. The first-order chi connectivity index (χ1) is 9.70. The summed E-state index contributed by atoms with van der Waals surface area (Å²) in [5.74, 6) is 0.641. The van der Waals surface area contributed by atoms with Crippen molar-refractivity contribution in [2.24, 2.45) is 0 Å². The average Bonchev–Trinajstić information content (AvgIpc) is 2.47. The van der Waals surface area contributed by atoms with Crippen LogP contribution in [0.1, 0.15) is 11.1 Å². The normalized spacial score (nSPS) is 10.2. The van der Waals surface area contributed by atoms with E-state index >= 15 is 0 Å². The molecular formula is C14H15N3O3. The number of hydrogen-bond acceptors (Lipinski definition) is 5. The topological polar surface area (TPSA) is 77.3 Å². The second-order valence-corrected chi connectivity index (χ2v) is 4.22. The van der Waals surface area contributed by atoms with Crippen molar-refractivity contribution in [1.82, 2.24) is 10.3 Å². The third kappa shape index (κ3) is 3.52. The Morgan fingerprint density at radius 2 is 2.05 bits per heavy atom. The van der Waals surface area contributed by atoms with Gasteiger partial charge in [-0.1, -0.05) is 0 Å². The first-order valence-electron chi connectivity index (χ1n) is 6.14. The fraction of sp³-hybridized carbons (Fsp3) is 0.214. The molecule has 0 aliphatic rings. The molecule has 6 heteroatoms. The molecule has 0 saturated carbocycles. The van der Waals surface area contributed by atoms with Crippen molar-refractivity contribution in [2.45, 2.75) is 13.2 Å². The maximum absolute atomic E-state index is 10.8.